The average Bonchev–Trinajstić information content (AvgIpc) is 2.98. The fraction of sp³-hybridized carbons (Fsp3) is 0.500. The minimum Gasteiger partial charge on any atom is -0.382 e. The highest BCUT2D eigenvalue weighted by Gasteiger charge is 2.22. The van der Waals surface area contributed by atoms with Crippen molar-refractivity contribution < 1.29 is 9.26 Å². The molecule has 2 aromatic rings. The van der Waals surface area contributed by atoms with Gasteiger partial charge in [-0.05, 0) is 12.8 Å². The number of nitrogen functional groups attached to an aromatic ring is 1. The quantitative estimate of drug-likeness (QED) is 0.802. The van der Waals surface area contributed by atoms with Gasteiger partial charge < -0.3 is 15.0 Å². The molecule has 1 saturated heterocycles. The number of nitrogens with zero attached hydrogens (tertiary/aromatic N) is 3. The molecule has 2 aromatic heterocycles. The molecule has 90 valence electrons. The first-order valence-electron chi connectivity index (χ1n) is 5.55. The van der Waals surface area contributed by atoms with Crippen LogP contribution in [0.5, 0.6) is 0 Å². The van der Waals surface area contributed by atoms with E-state index in [1.165, 1.54) is 0 Å². The number of hydrogen-bond donors (Lipinski definition) is 2. The molecule has 0 aromatic carbocycles. The van der Waals surface area contributed by atoms with Gasteiger partial charge in [0.1, 0.15) is 11.5 Å². The number of H-pyrrole nitrogens is 1. The Morgan fingerprint density at radius 2 is 2.18 bits per heavy atom. The van der Waals surface area contributed by atoms with Gasteiger partial charge in [0.2, 0.25) is 0 Å². The Hall–Kier alpha value is -1.89. The van der Waals surface area contributed by atoms with Gasteiger partial charge in [-0.1, -0.05) is 5.16 Å². The molecule has 7 nitrogen and oxygen atoms in total. The van der Waals surface area contributed by atoms with Crippen LogP contribution < -0.4 is 5.73 Å². The van der Waals surface area contributed by atoms with E-state index in [-0.39, 0.29) is 0 Å². The van der Waals surface area contributed by atoms with Crippen molar-refractivity contribution in [2.45, 2.75) is 18.8 Å². The predicted molar refractivity (Wildman–Crippen MR) is 59.1 cm³/mol. The molecular weight excluding hydrogens is 222 g/mol. The van der Waals surface area contributed by atoms with Gasteiger partial charge in [-0.3, -0.25) is 5.10 Å². The number of hydrogen-bond acceptors (Lipinski definition) is 6. The Morgan fingerprint density at radius 3 is 2.88 bits per heavy atom. The first-order chi connectivity index (χ1) is 8.33. The Kier molecular flexibility index (Phi) is 2.52. The molecule has 3 rings (SSSR count). The summed E-state index contributed by atoms with van der Waals surface area (Å²) in [5, 5.41) is 10.6. The Bertz CT molecular complexity index is 500. The molecule has 1 aliphatic heterocycles. The standard InChI is InChI=1S/C10H13N5O2/c11-8-5-7(13-14-8)10-12-9(15-17-10)6-1-3-16-4-2-6/h5-6H,1-4H2,(H3,11,13,14). The molecule has 7 heteroatoms. The van der Waals surface area contributed by atoms with Crippen LogP contribution in [0.2, 0.25) is 0 Å². The van der Waals surface area contributed by atoms with E-state index >= 15 is 0 Å². The fourth-order valence-electron chi connectivity index (χ4n) is 1.91. The van der Waals surface area contributed by atoms with E-state index in [4.69, 9.17) is 15.0 Å². The number of nitrogens with two attached hydrogens (primary N) is 1. The van der Waals surface area contributed by atoms with Crippen LogP contribution in [0.4, 0.5) is 5.82 Å². The molecule has 1 aliphatic rings. The molecule has 3 N–H and O–H groups in total. The molecular formula is C10H13N5O2. The molecule has 0 bridgehead atoms. The third-order valence-electron chi connectivity index (χ3n) is 2.86. The third-order valence-corrected chi connectivity index (χ3v) is 2.86. The zero-order chi connectivity index (χ0) is 11.7. The van der Waals surface area contributed by atoms with Crippen LogP contribution in [0.1, 0.15) is 24.6 Å². The van der Waals surface area contributed by atoms with Crippen molar-refractivity contribution in [2.75, 3.05) is 18.9 Å². The summed E-state index contributed by atoms with van der Waals surface area (Å²) in [6.07, 6.45) is 1.87. The second kappa shape index (κ2) is 4.17. The highest BCUT2D eigenvalue weighted by atomic mass is 16.5. The smallest absolute Gasteiger partial charge is 0.276 e. The molecule has 1 fully saturated rings. The van der Waals surface area contributed by atoms with E-state index in [9.17, 15) is 0 Å². The molecule has 0 spiro atoms. The van der Waals surface area contributed by atoms with Gasteiger partial charge in [0.25, 0.3) is 5.89 Å². The maximum Gasteiger partial charge on any atom is 0.276 e. The first-order valence-corrected chi connectivity index (χ1v) is 5.55. The minimum absolute atomic E-state index is 0.321. The molecule has 0 unspecified atom stereocenters. The summed E-state index contributed by atoms with van der Waals surface area (Å²) in [6.45, 7) is 1.51. The van der Waals surface area contributed by atoms with Crippen LogP contribution in [0.3, 0.4) is 0 Å². The fourth-order valence-corrected chi connectivity index (χ4v) is 1.91. The van der Waals surface area contributed by atoms with E-state index in [1.54, 1.807) is 6.07 Å². The van der Waals surface area contributed by atoms with Crippen molar-refractivity contribution in [1.82, 2.24) is 20.3 Å². The lowest BCUT2D eigenvalue weighted by Crippen LogP contribution is -2.15. The zero-order valence-electron chi connectivity index (χ0n) is 9.22. The minimum atomic E-state index is 0.321. The van der Waals surface area contributed by atoms with Crippen LogP contribution in [0.15, 0.2) is 10.6 Å². The molecule has 0 amide bonds. The van der Waals surface area contributed by atoms with E-state index < -0.39 is 0 Å². The van der Waals surface area contributed by atoms with Crippen molar-refractivity contribution in [3.8, 4) is 11.6 Å². The zero-order valence-corrected chi connectivity index (χ0v) is 9.22. The largest absolute Gasteiger partial charge is 0.382 e. The number of aromatic amines is 1. The second-order valence-corrected chi connectivity index (χ2v) is 4.05. The third kappa shape index (κ3) is 2.01. The molecule has 0 radical (unpaired) electrons. The molecule has 0 aliphatic carbocycles. The van der Waals surface area contributed by atoms with Crippen LogP contribution >= 0.6 is 0 Å². The lowest BCUT2D eigenvalue weighted by Gasteiger charge is -2.18. The van der Waals surface area contributed by atoms with Gasteiger partial charge in [-0.25, -0.2) is 0 Å². The summed E-state index contributed by atoms with van der Waals surface area (Å²) in [4.78, 5) is 4.36. The van der Waals surface area contributed by atoms with Crippen molar-refractivity contribution in [3.63, 3.8) is 0 Å². The number of aromatic nitrogens is 4. The normalized spacial score (nSPS) is 17.4. The van der Waals surface area contributed by atoms with Crippen molar-refractivity contribution in [2.24, 2.45) is 0 Å². The van der Waals surface area contributed by atoms with E-state index in [0.29, 0.717) is 23.3 Å². The second-order valence-electron chi connectivity index (χ2n) is 4.05. The van der Waals surface area contributed by atoms with Gasteiger partial charge in [0, 0.05) is 25.2 Å². The lowest BCUT2D eigenvalue weighted by molar-refractivity contribution is 0.0830. The van der Waals surface area contributed by atoms with E-state index in [0.717, 1.165) is 31.9 Å². The topological polar surface area (TPSA) is 103 Å². The van der Waals surface area contributed by atoms with Gasteiger partial charge in [-0.15, -0.1) is 0 Å². The van der Waals surface area contributed by atoms with Crippen LogP contribution in [-0.2, 0) is 4.74 Å². The molecule has 0 atom stereocenters. The predicted octanol–water partition coefficient (Wildman–Crippen LogP) is 0.936. The van der Waals surface area contributed by atoms with E-state index in [2.05, 4.69) is 20.3 Å². The molecule has 3 heterocycles. The van der Waals surface area contributed by atoms with Crippen molar-refractivity contribution >= 4 is 5.82 Å². The first kappa shape index (κ1) is 10.3. The van der Waals surface area contributed by atoms with Gasteiger partial charge in [-0.2, -0.15) is 10.1 Å². The van der Waals surface area contributed by atoms with E-state index in [1.807, 2.05) is 0 Å². The highest BCUT2D eigenvalue weighted by molar-refractivity contribution is 5.51. The van der Waals surface area contributed by atoms with Gasteiger partial charge >= 0.3 is 0 Å². The van der Waals surface area contributed by atoms with Crippen LogP contribution in [0.25, 0.3) is 11.6 Å². The Morgan fingerprint density at radius 1 is 1.35 bits per heavy atom. The van der Waals surface area contributed by atoms with Crippen molar-refractivity contribution in [1.29, 1.82) is 0 Å². The SMILES string of the molecule is Nc1cc(-c2nc(C3CCOCC3)no2)[nH]n1. The summed E-state index contributed by atoms with van der Waals surface area (Å²) < 4.78 is 10.5. The average molecular weight is 235 g/mol. The Balaban J connectivity index is 1.82. The lowest BCUT2D eigenvalue weighted by atomic mass is 10.00. The molecule has 17 heavy (non-hydrogen) atoms. The van der Waals surface area contributed by atoms with Crippen LogP contribution in [0, 0.1) is 0 Å². The maximum absolute atomic E-state index is 5.52. The number of rotatable bonds is 2. The number of anilines is 1. The van der Waals surface area contributed by atoms with Crippen LogP contribution in [-0.4, -0.2) is 33.6 Å². The monoisotopic (exact) mass is 235 g/mol. The summed E-state index contributed by atoms with van der Waals surface area (Å²) in [7, 11) is 0. The summed E-state index contributed by atoms with van der Waals surface area (Å²) in [5.74, 6) is 1.89. The molecule has 0 saturated carbocycles. The number of nitrogens with one attached hydrogen (secondary N) is 1. The summed E-state index contributed by atoms with van der Waals surface area (Å²) >= 11 is 0. The van der Waals surface area contributed by atoms with Crippen molar-refractivity contribution in [3.05, 3.63) is 11.9 Å². The summed E-state index contributed by atoms with van der Waals surface area (Å²) in [6, 6.07) is 1.67. The van der Waals surface area contributed by atoms with Gasteiger partial charge in [0.05, 0.1) is 0 Å². The Labute approximate surface area is 97.3 Å². The maximum atomic E-state index is 5.52. The summed E-state index contributed by atoms with van der Waals surface area (Å²) in [5.41, 5.74) is 6.16. The number of ether oxygens (including phenoxy) is 1. The highest BCUT2D eigenvalue weighted by Crippen LogP contribution is 2.26. The van der Waals surface area contributed by atoms with Gasteiger partial charge in [0.15, 0.2) is 5.82 Å².